The van der Waals surface area contributed by atoms with Crippen molar-refractivity contribution in [2.75, 3.05) is 5.43 Å². The minimum Gasteiger partial charge on any atom is -0.235 e. The number of rotatable bonds is 2. The molecule has 0 saturated carbocycles. The molecular weight excluding hydrogens is 419 g/mol. The number of benzene rings is 1. The largest absolute Gasteiger partial charge is 0.235 e. The maximum atomic E-state index is 10.2. The van der Waals surface area contributed by atoms with Gasteiger partial charge in [-0.25, -0.2) is 10.1 Å². The number of nitrogens with one attached hydrogen (secondary N) is 1. The molecule has 0 spiro atoms. The monoisotopic (exact) mass is 420 g/mol. The predicted molar refractivity (Wildman–Crippen MR) is 65.2 cm³/mol. The minimum absolute atomic E-state index is 0.422. The Kier molecular flexibility index (Phi) is 3.92. The number of hydrazine groups is 1. The van der Waals surface area contributed by atoms with E-state index in [9.17, 15) is 10.1 Å². The van der Waals surface area contributed by atoms with Crippen LogP contribution in [0.2, 0.25) is 0 Å². The van der Waals surface area contributed by atoms with Gasteiger partial charge in [0.05, 0.1) is 0 Å². The van der Waals surface area contributed by atoms with Gasteiger partial charge in [0.1, 0.15) is 5.69 Å². The Labute approximate surface area is 105 Å². The molecule has 0 fully saturated rings. The fourth-order valence-corrected chi connectivity index (χ4v) is 3.58. The summed E-state index contributed by atoms with van der Waals surface area (Å²) in [6.07, 6.45) is 0. The lowest BCUT2D eigenvalue weighted by molar-refractivity contribution is -0.445. The summed E-state index contributed by atoms with van der Waals surface area (Å²) in [7, 11) is 0. The van der Waals surface area contributed by atoms with Gasteiger partial charge in [0, 0.05) is 12.5 Å². The van der Waals surface area contributed by atoms with Gasteiger partial charge in [0.25, 0.3) is 0 Å². The summed E-state index contributed by atoms with van der Waals surface area (Å²) in [4.78, 5) is 10.2. The molecule has 0 atom stereocenters. The average molecular weight is 422 g/mol. The van der Waals surface area contributed by atoms with Crippen molar-refractivity contribution in [1.82, 2.24) is 0 Å². The Hall–Kier alpha value is 0.110. The van der Waals surface area contributed by atoms with Gasteiger partial charge in [0.2, 0.25) is 0 Å². The van der Waals surface area contributed by atoms with Crippen LogP contribution in [-0.4, -0.2) is 5.03 Å². The second-order valence-corrected chi connectivity index (χ2v) is 5.07. The summed E-state index contributed by atoms with van der Waals surface area (Å²) in [5, 5.41) is 9.61. The molecule has 0 radical (unpaired) electrons. The lowest BCUT2D eigenvalue weighted by atomic mass is 10.3. The van der Waals surface area contributed by atoms with Crippen molar-refractivity contribution >= 4 is 60.1 Å². The molecule has 70 valence electrons. The van der Waals surface area contributed by atoms with E-state index in [2.05, 4.69) is 59.9 Å². The highest BCUT2D eigenvalue weighted by Gasteiger charge is 2.10. The molecule has 1 aromatic rings. The fourth-order valence-electron chi connectivity index (χ4n) is 0.740. The van der Waals surface area contributed by atoms with Crippen molar-refractivity contribution in [1.29, 1.82) is 0 Å². The van der Waals surface area contributed by atoms with E-state index in [1.165, 1.54) is 0 Å². The lowest BCUT2D eigenvalue weighted by Gasteiger charge is -2.04. The Morgan fingerprint density at radius 2 is 1.85 bits per heavy atom. The number of nitro groups is 1. The molecule has 0 aromatic heterocycles. The van der Waals surface area contributed by atoms with Crippen molar-refractivity contribution in [3.8, 4) is 0 Å². The number of hydrogen-bond donors (Lipinski definition) is 1. The Bertz CT molecular complexity index is 335. The highest BCUT2D eigenvalue weighted by Crippen LogP contribution is 2.32. The van der Waals surface area contributed by atoms with Crippen LogP contribution < -0.4 is 5.43 Å². The van der Waals surface area contributed by atoms with Crippen LogP contribution >= 0.6 is 54.5 Å². The average Bonchev–Trinajstić information content (AvgIpc) is 1.96. The second-order valence-electron chi connectivity index (χ2n) is 2.11. The Morgan fingerprint density at radius 1 is 1.38 bits per heavy atom. The zero-order chi connectivity index (χ0) is 10.0. The normalized spacial score (nSPS) is 9.77. The first-order chi connectivity index (χ1) is 6.00. The van der Waals surface area contributed by atoms with Crippen molar-refractivity contribution in [2.24, 2.45) is 0 Å². The molecule has 1 N–H and O–H groups in total. The first-order valence-electron chi connectivity index (χ1n) is 3.06. The predicted octanol–water partition coefficient (Wildman–Crippen LogP) is 3.42. The van der Waals surface area contributed by atoms with Crippen molar-refractivity contribution < 1.29 is 5.03 Å². The van der Waals surface area contributed by atoms with Crippen LogP contribution in [0.5, 0.6) is 0 Å². The highest BCUT2D eigenvalue weighted by atomic mass is 127. The van der Waals surface area contributed by atoms with Crippen LogP contribution in [0.3, 0.4) is 0 Å². The zero-order valence-corrected chi connectivity index (χ0v) is 11.4. The van der Waals surface area contributed by atoms with Gasteiger partial charge in [-0.15, -0.1) is 5.43 Å². The molecule has 4 nitrogen and oxygen atoms in total. The molecule has 0 heterocycles. The van der Waals surface area contributed by atoms with Crippen LogP contribution in [0, 0.1) is 13.7 Å². The van der Waals surface area contributed by atoms with E-state index in [0.29, 0.717) is 14.6 Å². The van der Waals surface area contributed by atoms with Crippen LogP contribution in [0.4, 0.5) is 5.69 Å². The van der Waals surface area contributed by atoms with Gasteiger partial charge < -0.3 is 0 Å². The molecule has 1 aromatic carbocycles. The van der Waals surface area contributed by atoms with Crippen molar-refractivity contribution in [3.63, 3.8) is 0 Å². The van der Waals surface area contributed by atoms with E-state index in [1.54, 1.807) is 12.1 Å². The Balaban J connectivity index is 3.13. The summed E-state index contributed by atoms with van der Waals surface area (Å²) < 4.78 is 2.30. The van der Waals surface area contributed by atoms with Gasteiger partial charge in [-0.2, -0.15) is 0 Å². The van der Waals surface area contributed by atoms with E-state index < -0.39 is 5.03 Å². The molecule has 13 heavy (non-hydrogen) atoms. The molecule has 0 saturated heterocycles. The van der Waals surface area contributed by atoms with E-state index >= 15 is 0 Å². The number of anilines is 1. The summed E-state index contributed by atoms with van der Waals surface area (Å²) in [5.74, 6) is 0. The molecular formula is C6H3Br2IN2O2. The number of hydrogen-bond acceptors (Lipinski definition) is 2. The van der Waals surface area contributed by atoms with Crippen LogP contribution in [0.25, 0.3) is 0 Å². The molecule has 0 bridgehead atoms. The third kappa shape index (κ3) is 3.06. The first-order valence-corrected chi connectivity index (χ1v) is 5.73. The molecule has 0 amide bonds. The molecule has 0 aliphatic heterocycles. The van der Waals surface area contributed by atoms with E-state index in [0.717, 1.165) is 3.57 Å². The third-order valence-corrected chi connectivity index (χ3v) is 3.08. The van der Waals surface area contributed by atoms with E-state index in [4.69, 9.17) is 0 Å². The standard InChI is InChI=1S/C6H3Br2IN2O2/c7-4-1-3(9)2-5(8)6(4)10-11(12)13/h1-2,10H. The highest BCUT2D eigenvalue weighted by molar-refractivity contribution is 14.1. The summed E-state index contributed by atoms with van der Waals surface area (Å²) in [6.45, 7) is 0. The summed E-state index contributed by atoms with van der Waals surface area (Å²) >= 11 is 8.57. The van der Waals surface area contributed by atoms with Crippen LogP contribution in [0.1, 0.15) is 0 Å². The lowest BCUT2D eigenvalue weighted by Crippen LogP contribution is -2.08. The second kappa shape index (κ2) is 4.56. The third-order valence-electron chi connectivity index (χ3n) is 1.21. The number of halogens is 3. The fraction of sp³-hybridized carbons (Fsp3) is 0. The first kappa shape index (κ1) is 11.2. The minimum atomic E-state index is -0.599. The zero-order valence-electron chi connectivity index (χ0n) is 6.05. The maximum absolute atomic E-state index is 10.2. The quantitative estimate of drug-likeness (QED) is 0.452. The van der Waals surface area contributed by atoms with Gasteiger partial charge in [-0.3, -0.25) is 0 Å². The topological polar surface area (TPSA) is 55.2 Å². The van der Waals surface area contributed by atoms with Gasteiger partial charge in [0.15, 0.2) is 5.03 Å². The smallest absolute Gasteiger partial charge is 0.162 e. The summed E-state index contributed by atoms with van der Waals surface area (Å²) in [5.41, 5.74) is 2.52. The van der Waals surface area contributed by atoms with Crippen LogP contribution in [-0.2, 0) is 0 Å². The Morgan fingerprint density at radius 3 is 2.23 bits per heavy atom. The van der Waals surface area contributed by atoms with Gasteiger partial charge in [-0.05, 0) is 66.6 Å². The van der Waals surface area contributed by atoms with Gasteiger partial charge in [-0.1, -0.05) is 0 Å². The maximum Gasteiger partial charge on any atom is 0.162 e. The molecule has 0 aliphatic rings. The molecule has 0 aliphatic carbocycles. The van der Waals surface area contributed by atoms with Crippen LogP contribution in [0.15, 0.2) is 21.1 Å². The molecule has 1 rings (SSSR count). The summed E-state index contributed by atoms with van der Waals surface area (Å²) in [6, 6.07) is 3.58. The van der Waals surface area contributed by atoms with E-state index in [1.807, 2.05) is 0 Å². The molecule has 0 unspecified atom stereocenters. The number of nitrogens with zero attached hydrogens (tertiary/aromatic N) is 1. The van der Waals surface area contributed by atoms with Crippen molar-refractivity contribution in [3.05, 3.63) is 34.8 Å². The van der Waals surface area contributed by atoms with Gasteiger partial charge >= 0.3 is 0 Å². The molecule has 7 heteroatoms. The van der Waals surface area contributed by atoms with Crippen molar-refractivity contribution in [2.45, 2.75) is 0 Å². The van der Waals surface area contributed by atoms with E-state index in [-0.39, 0.29) is 0 Å². The SMILES string of the molecule is O=[N+]([O-])Nc1c(Br)cc(I)cc1Br.